The highest BCUT2D eigenvalue weighted by atomic mass is 19.4. The lowest BCUT2D eigenvalue weighted by molar-refractivity contribution is -0.137. The molecule has 1 aromatic heterocycles. The topological polar surface area (TPSA) is 55.0 Å². The van der Waals surface area contributed by atoms with Crippen LogP contribution in [0, 0.1) is 0 Å². The number of anilines is 1. The van der Waals surface area contributed by atoms with Gasteiger partial charge in [0.05, 0.1) is 11.3 Å². The standard InChI is InChI=1S/C16H17F3N4/c17-16(18,19)12-4-1-3-11(9-12)14-6-7-15(22-21-14)23-8-2-5-13(20)10-23/h1,3-4,6-7,9,13H,2,5,8,10,20H2. The van der Waals surface area contributed by atoms with Crippen molar-refractivity contribution in [2.75, 3.05) is 18.0 Å². The van der Waals surface area contributed by atoms with Crippen LogP contribution in [0.5, 0.6) is 0 Å². The van der Waals surface area contributed by atoms with Gasteiger partial charge in [-0.2, -0.15) is 13.2 Å². The van der Waals surface area contributed by atoms with Gasteiger partial charge < -0.3 is 10.6 Å². The first-order valence-electron chi connectivity index (χ1n) is 7.45. The van der Waals surface area contributed by atoms with E-state index < -0.39 is 11.7 Å². The fourth-order valence-electron chi connectivity index (χ4n) is 2.72. The summed E-state index contributed by atoms with van der Waals surface area (Å²) in [5, 5.41) is 8.22. The highest BCUT2D eigenvalue weighted by molar-refractivity contribution is 5.61. The van der Waals surface area contributed by atoms with Crippen molar-refractivity contribution in [3.05, 3.63) is 42.0 Å². The van der Waals surface area contributed by atoms with Gasteiger partial charge in [0.25, 0.3) is 0 Å². The van der Waals surface area contributed by atoms with Crippen LogP contribution in [0.2, 0.25) is 0 Å². The molecule has 2 aromatic rings. The number of hydrogen-bond donors (Lipinski definition) is 1. The number of hydrogen-bond acceptors (Lipinski definition) is 4. The number of piperidine rings is 1. The van der Waals surface area contributed by atoms with Crippen LogP contribution in [-0.4, -0.2) is 29.3 Å². The summed E-state index contributed by atoms with van der Waals surface area (Å²) in [6.45, 7) is 1.59. The zero-order valence-electron chi connectivity index (χ0n) is 12.4. The van der Waals surface area contributed by atoms with Gasteiger partial charge in [-0.05, 0) is 37.1 Å². The quantitative estimate of drug-likeness (QED) is 0.923. The first-order valence-corrected chi connectivity index (χ1v) is 7.45. The second-order valence-electron chi connectivity index (χ2n) is 5.70. The largest absolute Gasteiger partial charge is 0.416 e. The number of rotatable bonds is 2. The molecular weight excluding hydrogens is 305 g/mol. The molecule has 0 amide bonds. The van der Waals surface area contributed by atoms with Gasteiger partial charge in [-0.1, -0.05) is 12.1 Å². The summed E-state index contributed by atoms with van der Waals surface area (Å²) in [6, 6.07) is 8.68. The zero-order valence-corrected chi connectivity index (χ0v) is 12.4. The number of nitrogens with zero attached hydrogens (tertiary/aromatic N) is 3. The fraction of sp³-hybridized carbons (Fsp3) is 0.375. The first kappa shape index (κ1) is 15.7. The second kappa shape index (κ2) is 6.16. The molecule has 23 heavy (non-hydrogen) atoms. The summed E-state index contributed by atoms with van der Waals surface area (Å²) in [5.41, 5.74) is 6.07. The van der Waals surface area contributed by atoms with Crippen molar-refractivity contribution in [2.24, 2.45) is 5.73 Å². The molecule has 1 fully saturated rings. The summed E-state index contributed by atoms with van der Waals surface area (Å²) in [5.74, 6) is 0.705. The van der Waals surface area contributed by atoms with Gasteiger partial charge in [0.15, 0.2) is 5.82 Å². The Hall–Kier alpha value is -2.15. The Morgan fingerprint density at radius 3 is 2.61 bits per heavy atom. The normalized spacial score (nSPS) is 19.0. The highest BCUT2D eigenvalue weighted by Crippen LogP contribution is 2.31. The molecule has 2 N–H and O–H groups in total. The predicted molar refractivity (Wildman–Crippen MR) is 81.9 cm³/mol. The third-order valence-electron chi connectivity index (χ3n) is 3.92. The molecule has 7 heteroatoms. The fourth-order valence-corrected chi connectivity index (χ4v) is 2.72. The Balaban J connectivity index is 1.82. The SMILES string of the molecule is NC1CCCN(c2ccc(-c3cccc(C(F)(F)F)c3)nn2)C1. The van der Waals surface area contributed by atoms with Crippen molar-refractivity contribution in [3.8, 4) is 11.3 Å². The summed E-state index contributed by atoms with van der Waals surface area (Å²) >= 11 is 0. The molecule has 0 saturated carbocycles. The van der Waals surface area contributed by atoms with Gasteiger partial charge >= 0.3 is 6.18 Å². The molecule has 1 saturated heterocycles. The smallest absolute Gasteiger partial charge is 0.354 e. The predicted octanol–water partition coefficient (Wildman–Crippen LogP) is 3.09. The Kier molecular flexibility index (Phi) is 4.21. The van der Waals surface area contributed by atoms with Crippen molar-refractivity contribution < 1.29 is 13.2 Å². The Morgan fingerprint density at radius 2 is 1.96 bits per heavy atom. The van der Waals surface area contributed by atoms with E-state index in [1.807, 2.05) is 0 Å². The molecule has 0 spiro atoms. The summed E-state index contributed by atoms with van der Waals surface area (Å²) in [6.07, 6.45) is -2.38. The molecule has 1 aromatic carbocycles. The van der Waals surface area contributed by atoms with Gasteiger partial charge in [0.2, 0.25) is 0 Å². The lowest BCUT2D eigenvalue weighted by Crippen LogP contribution is -2.43. The summed E-state index contributed by atoms with van der Waals surface area (Å²) < 4.78 is 38.3. The van der Waals surface area contributed by atoms with E-state index in [2.05, 4.69) is 15.1 Å². The molecule has 0 radical (unpaired) electrons. The van der Waals surface area contributed by atoms with Crippen LogP contribution in [0.1, 0.15) is 18.4 Å². The minimum atomic E-state index is -4.37. The van der Waals surface area contributed by atoms with Crippen molar-refractivity contribution >= 4 is 5.82 Å². The second-order valence-corrected chi connectivity index (χ2v) is 5.70. The third kappa shape index (κ3) is 3.61. The maximum absolute atomic E-state index is 12.8. The average Bonchev–Trinajstić information content (AvgIpc) is 2.54. The van der Waals surface area contributed by atoms with Crippen LogP contribution < -0.4 is 10.6 Å². The third-order valence-corrected chi connectivity index (χ3v) is 3.92. The molecule has 1 unspecified atom stereocenters. The van der Waals surface area contributed by atoms with Crippen LogP contribution in [0.4, 0.5) is 19.0 Å². The van der Waals surface area contributed by atoms with E-state index >= 15 is 0 Å². The highest BCUT2D eigenvalue weighted by Gasteiger charge is 2.30. The van der Waals surface area contributed by atoms with Crippen LogP contribution in [0.25, 0.3) is 11.3 Å². The zero-order chi connectivity index (χ0) is 16.4. The van der Waals surface area contributed by atoms with E-state index in [0.29, 0.717) is 17.1 Å². The Labute approximate surface area is 132 Å². The van der Waals surface area contributed by atoms with E-state index in [1.54, 1.807) is 18.2 Å². The number of alkyl halides is 3. The van der Waals surface area contributed by atoms with E-state index in [-0.39, 0.29) is 6.04 Å². The van der Waals surface area contributed by atoms with Crippen molar-refractivity contribution in [3.63, 3.8) is 0 Å². The van der Waals surface area contributed by atoms with Crippen LogP contribution in [-0.2, 0) is 6.18 Å². The number of halogens is 3. The lowest BCUT2D eigenvalue weighted by Gasteiger charge is -2.31. The van der Waals surface area contributed by atoms with Crippen LogP contribution >= 0.6 is 0 Å². The minimum absolute atomic E-state index is 0.119. The number of benzene rings is 1. The number of aromatic nitrogens is 2. The number of nitrogens with two attached hydrogens (primary N) is 1. The van der Waals surface area contributed by atoms with Gasteiger partial charge in [-0.3, -0.25) is 0 Å². The van der Waals surface area contributed by atoms with Gasteiger partial charge in [-0.15, -0.1) is 10.2 Å². The maximum Gasteiger partial charge on any atom is 0.416 e. The van der Waals surface area contributed by atoms with Gasteiger partial charge in [0, 0.05) is 24.7 Å². The molecule has 1 atom stereocenters. The lowest BCUT2D eigenvalue weighted by atomic mass is 10.1. The molecule has 0 bridgehead atoms. The summed E-state index contributed by atoms with van der Waals surface area (Å²) in [4.78, 5) is 2.05. The molecule has 2 heterocycles. The van der Waals surface area contributed by atoms with E-state index in [4.69, 9.17) is 5.73 Å². The van der Waals surface area contributed by atoms with Gasteiger partial charge in [-0.25, -0.2) is 0 Å². The average molecular weight is 322 g/mol. The molecule has 122 valence electrons. The van der Waals surface area contributed by atoms with Crippen molar-refractivity contribution in [1.29, 1.82) is 0 Å². The monoisotopic (exact) mass is 322 g/mol. The molecule has 3 rings (SSSR count). The van der Waals surface area contributed by atoms with Crippen LogP contribution in [0.15, 0.2) is 36.4 Å². The van der Waals surface area contributed by atoms with Crippen molar-refractivity contribution in [1.82, 2.24) is 10.2 Å². The molecular formula is C16H17F3N4. The molecule has 1 aliphatic rings. The maximum atomic E-state index is 12.8. The molecule has 1 aliphatic heterocycles. The van der Waals surface area contributed by atoms with Gasteiger partial charge in [0.1, 0.15) is 0 Å². The van der Waals surface area contributed by atoms with E-state index in [1.165, 1.54) is 6.07 Å². The first-order chi connectivity index (χ1) is 10.9. The Bertz CT molecular complexity index is 670. The molecule has 4 nitrogen and oxygen atoms in total. The van der Waals surface area contributed by atoms with E-state index in [0.717, 1.165) is 38.1 Å². The summed E-state index contributed by atoms with van der Waals surface area (Å²) in [7, 11) is 0. The van der Waals surface area contributed by atoms with Crippen LogP contribution in [0.3, 0.4) is 0 Å². The molecule has 0 aliphatic carbocycles. The minimum Gasteiger partial charge on any atom is -0.354 e. The van der Waals surface area contributed by atoms with Crippen molar-refractivity contribution in [2.45, 2.75) is 25.1 Å². The Morgan fingerprint density at radius 1 is 1.13 bits per heavy atom. The van der Waals surface area contributed by atoms with E-state index in [9.17, 15) is 13.2 Å².